The number of benzene rings is 2. The Morgan fingerprint density at radius 1 is 0.690 bits per heavy atom. The molecule has 0 saturated heterocycles. The number of hydrogen-bond donors (Lipinski definition) is 6. The van der Waals surface area contributed by atoms with E-state index in [9.17, 15) is 9.59 Å². The quantitative estimate of drug-likeness (QED) is 0.421. The molecule has 0 heterocycles. The highest BCUT2D eigenvalue weighted by molar-refractivity contribution is 5.87. The van der Waals surface area contributed by atoms with Crippen LogP contribution in [-0.2, 0) is 0 Å². The normalized spacial score (nSPS) is 9.03. The molecule has 0 aliphatic heterocycles. The minimum Gasteiger partial charge on any atom is -0.478 e. The third kappa shape index (κ3) is 18.4. The smallest absolute Gasteiger partial charge is 0.335 e. The van der Waals surface area contributed by atoms with E-state index in [2.05, 4.69) is 0 Å². The Balaban J connectivity index is 0. The summed E-state index contributed by atoms with van der Waals surface area (Å²) >= 11 is 0. The summed E-state index contributed by atoms with van der Waals surface area (Å²) in [4.78, 5) is 20.4. The minimum absolute atomic E-state index is 0.0463. The van der Waals surface area contributed by atoms with Gasteiger partial charge in [0.2, 0.25) is 0 Å². The van der Waals surface area contributed by atoms with Gasteiger partial charge in [-0.1, -0.05) is 43.3 Å². The predicted molar refractivity (Wildman–Crippen MR) is 109 cm³/mol. The lowest BCUT2D eigenvalue weighted by atomic mass is 10.2. The summed E-state index contributed by atoms with van der Waals surface area (Å²) in [6.45, 7) is 2.12. The molecule has 2 aromatic carbocycles. The first-order valence-electron chi connectivity index (χ1n) is 8.84. The molecule has 0 atom stereocenters. The summed E-state index contributed by atoms with van der Waals surface area (Å²) < 4.78 is 0. The molecule has 0 fully saturated rings. The molecule has 162 valence electrons. The van der Waals surface area contributed by atoms with Crippen LogP contribution in [0.4, 0.5) is 0 Å². The summed E-state index contributed by atoms with van der Waals surface area (Å²) in [5, 5.41) is 48.9. The summed E-state index contributed by atoms with van der Waals surface area (Å²) in [5.41, 5.74) is 0.662. The number of aliphatic hydroxyl groups is 4. The molecule has 0 aromatic heterocycles. The van der Waals surface area contributed by atoms with Crippen molar-refractivity contribution in [1.29, 1.82) is 0 Å². The second-order valence-corrected chi connectivity index (χ2v) is 5.61. The van der Waals surface area contributed by atoms with Crippen molar-refractivity contribution in [2.45, 2.75) is 13.3 Å². The number of carbonyl (C=O) groups is 2. The van der Waals surface area contributed by atoms with Crippen molar-refractivity contribution < 1.29 is 40.2 Å². The van der Waals surface area contributed by atoms with Gasteiger partial charge in [-0.05, 0) is 30.7 Å². The van der Waals surface area contributed by atoms with Crippen LogP contribution in [-0.4, -0.2) is 69.0 Å². The lowest BCUT2D eigenvalue weighted by Gasteiger charge is -1.97. The van der Waals surface area contributed by atoms with Gasteiger partial charge in [-0.3, -0.25) is 0 Å². The molecule has 8 heteroatoms. The van der Waals surface area contributed by atoms with Crippen LogP contribution in [0.5, 0.6) is 0 Å². The fraction of sp³-hybridized carbons (Fsp3) is 0.333. The van der Waals surface area contributed by atoms with Gasteiger partial charge in [0.1, 0.15) is 0 Å². The largest absolute Gasteiger partial charge is 0.478 e. The lowest BCUT2D eigenvalue weighted by Crippen LogP contribution is -2.04. The summed E-state index contributed by atoms with van der Waals surface area (Å²) in [6, 6.07) is 16.6. The van der Waals surface area contributed by atoms with Crippen molar-refractivity contribution in [2.24, 2.45) is 5.92 Å². The molecule has 0 saturated carbocycles. The van der Waals surface area contributed by atoms with E-state index < -0.39 is 11.9 Å². The highest BCUT2D eigenvalue weighted by Gasteiger charge is 1.97. The number of carboxylic acid groups (broad SMARTS) is 2. The van der Waals surface area contributed by atoms with E-state index in [4.69, 9.17) is 30.6 Å². The Kier molecular flexibility index (Phi) is 19.6. The number of aliphatic hydroxyl groups excluding tert-OH is 4. The third-order valence-corrected chi connectivity index (χ3v) is 2.98. The van der Waals surface area contributed by atoms with Crippen LogP contribution >= 0.6 is 0 Å². The van der Waals surface area contributed by atoms with Crippen LogP contribution in [0.25, 0.3) is 0 Å². The number of hydrogen-bond acceptors (Lipinski definition) is 6. The van der Waals surface area contributed by atoms with E-state index in [1.165, 1.54) is 0 Å². The van der Waals surface area contributed by atoms with Gasteiger partial charge in [0, 0.05) is 32.3 Å². The van der Waals surface area contributed by atoms with E-state index >= 15 is 0 Å². The predicted octanol–water partition coefficient (Wildman–Crippen LogP) is 1.74. The highest BCUT2D eigenvalue weighted by atomic mass is 16.4. The Morgan fingerprint density at radius 2 is 1.00 bits per heavy atom. The summed E-state index contributed by atoms with van der Waals surface area (Å²) in [5.74, 6) is -1.71. The molecule has 0 unspecified atom stereocenters. The first-order valence-corrected chi connectivity index (χ1v) is 8.84. The van der Waals surface area contributed by atoms with Gasteiger partial charge in [0.25, 0.3) is 0 Å². The molecule has 8 nitrogen and oxygen atoms in total. The fourth-order valence-corrected chi connectivity index (χ4v) is 1.29. The lowest BCUT2D eigenvalue weighted by molar-refractivity contribution is 0.0686. The van der Waals surface area contributed by atoms with E-state index in [0.717, 1.165) is 0 Å². The van der Waals surface area contributed by atoms with Crippen LogP contribution < -0.4 is 0 Å². The Bertz CT molecular complexity index is 576. The standard InChI is InChI=1S/2C7H6O2.C4H10O2.C3H8O2/c2*8-7(9)6-4-2-1-3-5-6;1-4(2-5)3-6;4-2-1-3-5/h2*1-5H,(H,8,9);4-6H,2-3H2,1H3;4-5H,1-3H2. The average molecular weight is 410 g/mol. The second-order valence-electron chi connectivity index (χ2n) is 5.61. The maximum Gasteiger partial charge on any atom is 0.335 e. The Morgan fingerprint density at radius 3 is 1.10 bits per heavy atom. The third-order valence-electron chi connectivity index (χ3n) is 2.98. The number of rotatable bonds is 6. The maximum absolute atomic E-state index is 10.2. The SMILES string of the molecule is CC(CO)CO.O=C(O)c1ccccc1.O=C(O)c1ccccc1.OCCCO. The first kappa shape index (κ1) is 28.4. The van der Waals surface area contributed by atoms with Crippen molar-refractivity contribution in [3.63, 3.8) is 0 Å². The van der Waals surface area contributed by atoms with Crippen LogP contribution in [0.1, 0.15) is 34.1 Å². The summed E-state index contributed by atoms with van der Waals surface area (Å²) in [7, 11) is 0. The zero-order valence-corrected chi connectivity index (χ0v) is 16.4. The van der Waals surface area contributed by atoms with Crippen LogP contribution in [0.2, 0.25) is 0 Å². The van der Waals surface area contributed by atoms with Crippen molar-refractivity contribution in [2.75, 3.05) is 26.4 Å². The molecule has 2 aromatic rings. The zero-order chi connectivity index (χ0) is 22.5. The zero-order valence-electron chi connectivity index (χ0n) is 16.4. The van der Waals surface area contributed by atoms with Gasteiger partial charge in [-0.2, -0.15) is 0 Å². The van der Waals surface area contributed by atoms with Gasteiger partial charge >= 0.3 is 11.9 Å². The first-order chi connectivity index (χ1) is 13.8. The van der Waals surface area contributed by atoms with Crippen LogP contribution in [0.15, 0.2) is 60.7 Å². The molecule has 0 radical (unpaired) electrons. The number of carboxylic acids is 2. The molecule has 2 rings (SSSR count). The van der Waals surface area contributed by atoms with Gasteiger partial charge < -0.3 is 30.6 Å². The molecular weight excluding hydrogens is 380 g/mol. The molecule has 0 aliphatic rings. The molecule has 0 spiro atoms. The minimum atomic E-state index is -0.879. The van der Waals surface area contributed by atoms with E-state index in [1.807, 2.05) is 0 Å². The van der Waals surface area contributed by atoms with Crippen molar-refractivity contribution in [1.82, 2.24) is 0 Å². The highest BCUT2D eigenvalue weighted by Crippen LogP contribution is 1.96. The van der Waals surface area contributed by atoms with E-state index in [0.29, 0.717) is 17.5 Å². The molecule has 29 heavy (non-hydrogen) atoms. The monoisotopic (exact) mass is 410 g/mol. The molecule has 6 N–H and O–H groups in total. The molecular formula is C21H30O8. The van der Waals surface area contributed by atoms with Crippen molar-refractivity contribution in [3.8, 4) is 0 Å². The Labute approximate surface area is 170 Å². The second kappa shape index (κ2) is 20.0. The van der Waals surface area contributed by atoms with Crippen LogP contribution in [0, 0.1) is 5.92 Å². The fourth-order valence-electron chi connectivity index (χ4n) is 1.29. The van der Waals surface area contributed by atoms with Gasteiger partial charge in [0.15, 0.2) is 0 Å². The van der Waals surface area contributed by atoms with E-state index in [1.54, 1.807) is 67.6 Å². The average Bonchev–Trinajstić information content (AvgIpc) is 2.76. The van der Waals surface area contributed by atoms with Crippen molar-refractivity contribution in [3.05, 3.63) is 71.8 Å². The van der Waals surface area contributed by atoms with E-state index in [-0.39, 0.29) is 32.3 Å². The van der Waals surface area contributed by atoms with Gasteiger partial charge in [-0.15, -0.1) is 0 Å². The maximum atomic E-state index is 10.2. The molecule has 0 amide bonds. The van der Waals surface area contributed by atoms with Gasteiger partial charge in [-0.25, -0.2) is 9.59 Å². The molecule has 0 bridgehead atoms. The summed E-state index contributed by atoms with van der Waals surface area (Å²) in [6.07, 6.45) is 0.500. The molecule has 0 aliphatic carbocycles. The van der Waals surface area contributed by atoms with Crippen LogP contribution in [0.3, 0.4) is 0 Å². The Hall–Kier alpha value is -2.78. The van der Waals surface area contributed by atoms with Crippen molar-refractivity contribution >= 4 is 11.9 Å². The number of aromatic carboxylic acids is 2. The van der Waals surface area contributed by atoms with Gasteiger partial charge in [0.05, 0.1) is 11.1 Å². The topological polar surface area (TPSA) is 156 Å².